The van der Waals surface area contributed by atoms with E-state index in [1.54, 1.807) is 13.0 Å². The molecule has 1 saturated heterocycles. The Balaban J connectivity index is 2.19. The Hall–Kier alpha value is -0.690. The first-order valence-corrected chi connectivity index (χ1v) is 7.71. The van der Waals surface area contributed by atoms with Gasteiger partial charge >= 0.3 is 0 Å². The predicted molar refractivity (Wildman–Crippen MR) is 70.2 cm³/mol. The lowest BCUT2D eigenvalue weighted by Crippen LogP contribution is -2.42. The number of piperidine rings is 1. The van der Waals surface area contributed by atoms with Crippen molar-refractivity contribution in [2.75, 3.05) is 13.1 Å². The number of nitrogens with one attached hydrogen (secondary N) is 2. The van der Waals surface area contributed by atoms with Gasteiger partial charge in [0.15, 0.2) is 0 Å². The molecule has 1 aliphatic heterocycles. The summed E-state index contributed by atoms with van der Waals surface area (Å²) in [4.78, 5) is 4.02. The SMILES string of the molecule is Cc1ccc(S(=O)(=O)NC2CCNCC2)c(Cl)n1. The van der Waals surface area contributed by atoms with Crippen LogP contribution >= 0.6 is 11.6 Å². The number of halogens is 1. The van der Waals surface area contributed by atoms with E-state index in [0.29, 0.717) is 5.69 Å². The monoisotopic (exact) mass is 289 g/mol. The maximum Gasteiger partial charge on any atom is 0.243 e. The predicted octanol–water partition coefficient (Wildman–Crippen LogP) is 1.07. The smallest absolute Gasteiger partial charge is 0.243 e. The normalized spacial score (nSPS) is 17.9. The van der Waals surface area contributed by atoms with Crippen LogP contribution in [0.5, 0.6) is 0 Å². The molecule has 0 unspecified atom stereocenters. The molecule has 2 rings (SSSR count). The summed E-state index contributed by atoms with van der Waals surface area (Å²) < 4.78 is 27.0. The summed E-state index contributed by atoms with van der Waals surface area (Å²) >= 11 is 5.89. The molecule has 1 fully saturated rings. The molecular weight excluding hydrogens is 274 g/mol. The van der Waals surface area contributed by atoms with E-state index in [1.165, 1.54) is 6.07 Å². The first-order chi connectivity index (χ1) is 8.49. The number of aromatic nitrogens is 1. The summed E-state index contributed by atoms with van der Waals surface area (Å²) in [5.74, 6) is 0. The third-order valence-corrected chi connectivity index (χ3v) is 4.86. The van der Waals surface area contributed by atoms with E-state index in [-0.39, 0.29) is 16.1 Å². The van der Waals surface area contributed by atoms with Crippen molar-refractivity contribution in [3.8, 4) is 0 Å². The fourth-order valence-electron chi connectivity index (χ4n) is 1.94. The van der Waals surface area contributed by atoms with Gasteiger partial charge in [0.05, 0.1) is 0 Å². The summed E-state index contributed by atoms with van der Waals surface area (Å²) in [5.41, 5.74) is 0.695. The van der Waals surface area contributed by atoms with E-state index in [4.69, 9.17) is 11.6 Å². The highest BCUT2D eigenvalue weighted by Gasteiger charge is 2.24. The van der Waals surface area contributed by atoms with E-state index < -0.39 is 10.0 Å². The van der Waals surface area contributed by atoms with Gasteiger partial charge < -0.3 is 5.32 Å². The van der Waals surface area contributed by atoms with Crippen LogP contribution in [0.25, 0.3) is 0 Å². The molecule has 0 bridgehead atoms. The zero-order valence-electron chi connectivity index (χ0n) is 10.1. The molecule has 0 aromatic carbocycles. The summed E-state index contributed by atoms with van der Waals surface area (Å²) in [5, 5.41) is 3.21. The Morgan fingerprint density at radius 2 is 2.06 bits per heavy atom. The standard InChI is InChI=1S/C11H16ClN3O2S/c1-8-2-3-10(11(12)14-8)18(16,17)15-9-4-6-13-7-5-9/h2-3,9,13,15H,4-7H2,1H3. The van der Waals surface area contributed by atoms with Crippen LogP contribution in [-0.2, 0) is 10.0 Å². The van der Waals surface area contributed by atoms with E-state index in [2.05, 4.69) is 15.0 Å². The molecule has 0 amide bonds. The van der Waals surface area contributed by atoms with Gasteiger partial charge in [-0.1, -0.05) is 11.6 Å². The van der Waals surface area contributed by atoms with E-state index in [0.717, 1.165) is 25.9 Å². The molecule has 2 N–H and O–H groups in total. The Morgan fingerprint density at radius 3 is 2.67 bits per heavy atom. The van der Waals surface area contributed by atoms with Gasteiger partial charge in [0.2, 0.25) is 10.0 Å². The molecular formula is C11H16ClN3O2S. The molecule has 100 valence electrons. The van der Waals surface area contributed by atoms with Crippen molar-refractivity contribution in [3.05, 3.63) is 23.0 Å². The average Bonchev–Trinajstić information content (AvgIpc) is 2.29. The minimum Gasteiger partial charge on any atom is -0.317 e. The Morgan fingerprint density at radius 1 is 1.39 bits per heavy atom. The second-order valence-electron chi connectivity index (χ2n) is 4.39. The fourth-order valence-corrected chi connectivity index (χ4v) is 3.75. The van der Waals surface area contributed by atoms with Crippen LogP contribution in [0.3, 0.4) is 0 Å². The number of rotatable bonds is 3. The van der Waals surface area contributed by atoms with Crippen molar-refractivity contribution in [2.45, 2.75) is 30.7 Å². The summed E-state index contributed by atoms with van der Waals surface area (Å²) in [6, 6.07) is 3.10. The molecule has 0 spiro atoms. The number of aryl methyl sites for hydroxylation is 1. The maximum absolute atomic E-state index is 12.2. The van der Waals surface area contributed by atoms with Crippen LogP contribution in [0.1, 0.15) is 18.5 Å². The van der Waals surface area contributed by atoms with Crippen LogP contribution in [0.2, 0.25) is 5.15 Å². The Kier molecular flexibility index (Phi) is 4.21. The van der Waals surface area contributed by atoms with Gasteiger partial charge in [0.1, 0.15) is 10.0 Å². The van der Waals surface area contributed by atoms with Gasteiger partial charge in [-0.15, -0.1) is 0 Å². The van der Waals surface area contributed by atoms with Gasteiger partial charge in [-0.3, -0.25) is 0 Å². The highest BCUT2D eigenvalue weighted by molar-refractivity contribution is 7.89. The lowest BCUT2D eigenvalue weighted by atomic mass is 10.1. The highest BCUT2D eigenvalue weighted by atomic mass is 35.5. The van der Waals surface area contributed by atoms with Gasteiger partial charge in [-0.2, -0.15) is 0 Å². The Labute approximate surface area is 112 Å². The van der Waals surface area contributed by atoms with E-state index in [9.17, 15) is 8.42 Å². The second-order valence-corrected chi connectivity index (χ2v) is 6.43. The molecule has 0 saturated carbocycles. The molecule has 0 radical (unpaired) electrons. The number of nitrogens with zero attached hydrogens (tertiary/aromatic N) is 1. The third-order valence-electron chi connectivity index (χ3n) is 2.90. The molecule has 0 atom stereocenters. The number of pyridine rings is 1. The van der Waals surface area contributed by atoms with E-state index in [1.807, 2.05) is 0 Å². The van der Waals surface area contributed by atoms with Crippen molar-refractivity contribution in [3.63, 3.8) is 0 Å². The molecule has 2 heterocycles. The molecule has 1 aromatic heterocycles. The van der Waals surface area contributed by atoms with Crippen LogP contribution in [0.15, 0.2) is 17.0 Å². The van der Waals surface area contributed by atoms with Crippen LogP contribution in [0.4, 0.5) is 0 Å². The fraction of sp³-hybridized carbons (Fsp3) is 0.545. The minimum absolute atomic E-state index is 0.0245. The zero-order valence-corrected chi connectivity index (χ0v) is 11.7. The van der Waals surface area contributed by atoms with Crippen molar-refractivity contribution >= 4 is 21.6 Å². The molecule has 7 heteroatoms. The van der Waals surface area contributed by atoms with Crippen LogP contribution in [-0.4, -0.2) is 32.5 Å². The maximum atomic E-state index is 12.2. The molecule has 1 aromatic rings. The number of hydrogen-bond acceptors (Lipinski definition) is 4. The summed E-state index contributed by atoms with van der Waals surface area (Å²) in [6.45, 7) is 3.42. The third kappa shape index (κ3) is 3.20. The van der Waals surface area contributed by atoms with Gasteiger partial charge in [-0.25, -0.2) is 18.1 Å². The molecule has 0 aliphatic carbocycles. The quantitative estimate of drug-likeness (QED) is 0.817. The van der Waals surface area contributed by atoms with Crippen molar-refractivity contribution < 1.29 is 8.42 Å². The molecule has 1 aliphatic rings. The largest absolute Gasteiger partial charge is 0.317 e. The van der Waals surface area contributed by atoms with Gasteiger partial charge in [0.25, 0.3) is 0 Å². The van der Waals surface area contributed by atoms with Crippen molar-refractivity contribution in [2.24, 2.45) is 0 Å². The Bertz CT molecular complexity index is 527. The lowest BCUT2D eigenvalue weighted by Gasteiger charge is -2.23. The second kappa shape index (κ2) is 5.52. The number of sulfonamides is 1. The zero-order chi connectivity index (χ0) is 13.2. The van der Waals surface area contributed by atoms with Crippen molar-refractivity contribution in [1.29, 1.82) is 0 Å². The topological polar surface area (TPSA) is 71.1 Å². The van der Waals surface area contributed by atoms with Gasteiger partial charge in [0, 0.05) is 11.7 Å². The highest BCUT2D eigenvalue weighted by Crippen LogP contribution is 2.20. The average molecular weight is 290 g/mol. The summed E-state index contributed by atoms with van der Waals surface area (Å²) in [7, 11) is -3.58. The summed E-state index contributed by atoms with van der Waals surface area (Å²) in [6.07, 6.45) is 1.58. The first kappa shape index (κ1) is 13.7. The lowest BCUT2D eigenvalue weighted by molar-refractivity contribution is 0.427. The van der Waals surface area contributed by atoms with Crippen LogP contribution in [0, 0.1) is 6.92 Å². The number of hydrogen-bond donors (Lipinski definition) is 2. The minimum atomic E-state index is -3.58. The molecule has 5 nitrogen and oxygen atoms in total. The van der Waals surface area contributed by atoms with E-state index >= 15 is 0 Å². The van der Waals surface area contributed by atoms with Crippen molar-refractivity contribution in [1.82, 2.24) is 15.0 Å². The first-order valence-electron chi connectivity index (χ1n) is 5.85. The molecule has 18 heavy (non-hydrogen) atoms. The van der Waals surface area contributed by atoms with Gasteiger partial charge in [-0.05, 0) is 45.0 Å². The van der Waals surface area contributed by atoms with Crippen LogP contribution < -0.4 is 10.0 Å².